The van der Waals surface area contributed by atoms with Crippen molar-refractivity contribution in [2.45, 2.75) is 27.2 Å². The zero-order valence-corrected chi connectivity index (χ0v) is 9.86. The molecule has 0 saturated carbocycles. The fraction of sp³-hybridized carbons (Fsp3) is 0.800. The first kappa shape index (κ1) is 11.4. The molecule has 0 aromatic rings. The SMILES string of the molecule is CC(C)(C)C1CC(=O)N(CC(N)=S)C1. The second kappa shape index (κ2) is 3.85. The van der Waals surface area contributed by atoms with Crippen molar-refractivity contribution in [2.24, 2.45) is 17.1 Å². The van der Waals surface area contributed by atoms with Gasteiger partial charge in [0.05, 0.1) is 11.5 Å². The minimum atomic E-state index is 0.178. The number of carbonyl (C=O) groups is 1. The van der Waals surface area contributed by atoms with E-state index in [1.54, 1.807) is 4.90 Å². The minimum absolute atomic E-state index is 0.178. The van der Waals surface area contributed by atoms with E-state index in [0.29, 0.717) is 23.9 Å². The number of carbonyl (C=O) groups excluding carboxylic acids is 1. The molecule has 0 radical (unpaired) electrons. The van der Waals surface area contributed by atoms with Gasteiger partial charge in [0.15, 0.2) is 0 Å². The molecule has 14 heavy (non-hydrogen) atoms. The van der Waals surface area contributed by atoms with Gasteiger partial charge < -0.3 is 10.6 Å². The summed E-state index contributed by atoms with van der Waals surface area (Å²) < 4.78 is 0. The van der Waals surface area contributed by atoms with Crippen LogP contribution in [0.2, 0.25) is 0 Å². The van der Waals surface area contributed by atoms with Crippen LogP contribution >= 0.6 is 12.2 Å². The maximum absolute atomic E-state index is 11.6. The fourth-order valence-electron chi connectivity index (χ4n) is 1.69. The van der Waals surface area contributed by atoms with Crippen molar-refractivity contribution in [1.82, 2.24) is 4.90 Å². The number of nitrogens with two attached hydrogens (primary N) is 1. The Morgan fingerprint density at radius 3 is 2.57 bits per heavy atom. The van der Waals surface area contributed by atoms with Gasteiger partial charge in [-0.1, -0.05) is 33.0 Å². The van der Waals surface area contributed by atoms with Gasteiger partial charge in [-0.05, 0) is 11.3 Å². The van der Waals surface area contributed by atoms with Gasteiger partial charge >= 0.3 is 0 Å². The highest BCUT2D eigenvalue weighted by molar-refractivity contribution is 7.80. The molecule has 3 nitrogen and oxygen atoms in total. The van der Waals surface area contributed by atoms with Crippen LogP contribution in [0.1, 0.15) is 27.2 Å². The molecule has 1 unspecified atom stereocenters. The molecule has 1 saturated heterocycles. The lowest BCUT2D eigenvalue weighted by atomic mass is 9.80. The molecule has 1 aliphatic rings. The van der Waals surface area contributed by atoms with Crippen LogP contribution in [0.15, 0.2) is 0 Å². The average molecular weight is 214 g/mol. The highest BCUT2D eigenvalue weighted by Gasteiger charge is 2.36. The second-order valence-electron chi connectivity index (χ2n) is 5.01. The van der Waals surface area contributed by atoms with E-state index in [-0.39, 0.29) is 11.3 Å². The predicted octanol–water partition coefficient (Wildman–Crippen LogP) is 1.17. The van der Waals surface area contributed by atoms with Gasteiger partial charge in [0, 0.05) is 13.0 Å². The summed E-state index contributed by atoms with van der Waals surface area (Å²) in [6.45, 7) is 7.71. The van der Waals surface area contributed by atoms with Crippen LogP contribution in [-0.4, -0.2) is 28.9 Å². The minimum Gasteiger partial charge on any atom is -0.392 e. The topological polar surface area (TPSA) is 46.3 Å². The Morgan fingerprint density at radius 1 is 1.64 bits per heavy atom. The van der Waals surface area contributed by atoms with Gasteiger partial charge in [-0.15, -0.1) is 0 Å². The number of nitrogens with zero attached hydrogens (tertiary/aromatic N) is 1. The number of hydrogen-bond acceptors (Lipinski definition) is 2. The Kier molecular flexibility index (Phi) is 3.14. The summed E-state index contributed by atoms with van der Waals surface area (Å²) in [6, 6.07) is 0. The van der Waals surface area contributed by atoms with E-state index in [2.05, 4.69) is 20.8 Å². The predicted molar refractivity (Wildman–Crippen MR) is 60.9 cm³/mol. The first-order valence-electron chi connectivity index (χ1n) is 4.87. The van der Waals surface area contributed by atoms with Gasteiger partial charge in [-0.2, -0.15) is 0 Å². The number of thiocarbonyl (C=S) groups is 1. The van der Waals surface area contributed by atoms with Crippen molar-refractivity contribution < 1.29 is 4.79 Å². The molecular weight excluding hydrogens is 196 g/mol. The van der Waals surface area contributed by atoms with E-state index in [1.165, 1.54) is 0 Å². The van der Waals surface area contributed by atoms with Gasteiger partial charge in [0.25, 0.3) is 0 Å². The van der Waals surface area contributed by atoms with Crippen LogP contribution in [0.25, 0.3) is 0 Å². The number of hydrogen-bond donors (Lipinski definition) is 1. The van der Waals surface area contributed by atoms with Crippen molar-refractivity contribution in [3.8, 4) is 0 Å². The quantitative estimate of drug-likeness (QED) is 0.702. The van der Waals surface area contributed by atoms with E-state index >= 15 is 0 Å². The monoisotopic (exact) mass is 214 g/mol. The van der Waals surface area contributed by atoms with Gasteiger partial charge in [0.2, 0.25) is 5.91 Å². The van der Waals surface area contributed by atoms with E-state index < -0.39 is 0 Å². The molecule has 4 heteroatoms. The molecule has 1 amide bonds. The Labute approximate surface area is 90.6 Å². The molecule has 1 fully saturated rings. The molecule has 0 aromatic carbocycles. The smallest absolute Gasteiger partial charge is 0.223 e. The summed E-state index contributed by atoms with van der Waals surface area (Å²) in [4.78, 5) is 13.7. The molecule has 0 aliphatic carbocycles. The molecule has 0 aromatic heterocycles. The van der Waals surface area contributed by atoms with Crippen LogP contribution in [0.4, 0.5) is 0 Å². The maximum Gasteiger partial charge on any atom is 0.223 e. The third-order valence-corrected chi connectivity index (χ3v) is 2.92. The van der Waals surface area contributed by atoms with Gasteiger partial charge in [0.1, 0.15) is 0 Å². The second-order valence-corrected chi connectivity index (χ2v) is 5.53. The van der Waals surface area contributed by atoms with Crippen LogP contribution in [0.3, 0.4) is 0 Å². The van der Waals surface area contributed by atoms with Gasteiger partial charge in [-0.3, -0.25) is 4.79 Å². The number of likely N-dealkylation sites (tertiary alicyclic amines) is 1. The molecule has 0 bridgehead atoms. The first-order chi connectivity index (χ1) is 6.30. The maximum atomic E-state index is 11.6. The largest absolute Gasteiger partial charge is 0.392 e. The highest BCUT2D eigenvalue weighted by atomic mass is 32.1. The average Bonchev–Trinajstić information content (AvgIpc) is 2.30. The van der Waals surface area contributed by atoms with Gasteiger partial charge in [-0.25, -0.2) is 0 Å². The Bertz CT molecular complexity index is 257. The lowest BCUT2D eigenvalue weighted by molar-refractivity contribution is -0.127. The Hall–Kier alpha value is -0.640. The lowest BCUT2D eigenvalue weighted by Gasteiger charge is -2.26. The summed E-state index contributed by atoms with van der Waals surface area (Å²) in [6.07, 6.45) is 0.631. The van der Waals surface area contributed by atoms with Crippen LogP contribution in [0, 0.1) is 11.3 Å². The molecular formula is C10H18N2OS. The summed E-state index contributed by atoms with van der Waals surface area (Å²) in [5, 5.41) is 0. The standard InChI is InChI=1S/C10H18N2OS/c1-10(2,3)7-4-9(13)12(5-7)6-8(11)14/h7H,4-6H2,1-3H3,(H2,11,14). The normalized spacial score (nSPS) is 22.9. The third-order valence-electron chi connectivity index (χ3n) is 2.79. The van der Waals surface area contributed by atoms with Crippen LogP contribution in [-0.2, 0) is 4.79 Å². The van der Waals surface area contributed by atoms with Crippen molar-refractivity contribution >= 4 is 23.1 Å². The molecule has 1 heterocycles. The summed E-state index contributed by atoms with van der Waals surface area (Å²) in [5.41, 5.74) is 5.61. The zero-order valence-electron chi connectivity index (χ0n) is 9.04. The zero-order chi connectivity index (χ0) is 10.9. The van der Waals surface area contributed by atoms with Crippen molar-refractivity contribution in [3.63, 3.8) is 0 Å². The number of rotatable bonds is 2. The van der Waals surface area contributed by atoms with E-state index in [4.69, 9.17) is 18.0 Å². The first-order valence-corrected chi connectivity index (χ1v) is 5.27. The van der Waals surface area contributed by atoms with Crippen molar-refractivity contribution in [2.75, 3.05) is 13.1 Å². The molecule has 2 N–H and O–H groups in total. The summed E-state index contributed by atoms with van der Waals surface area (Å²) in [5.74, 6) is 0.599. The number of amides is 1. The van der Waals surface area contributed by atoms with E-state index in [0.717, 1.165) is 6.54 Å². The van der Waals surface area contributed by atoms with E-state index in [1.807, 2.05) is 0 Å². The third kappa shape index (κ3) is 2.67. The lowest BCUT2D eigenvalue weighted by Crippen LogP contribution is -2.34. The Morgan fingerprint density at radius 2 is 2.21 bits per heavy atom. The Balaban J connectivity index is 2.60. The summed E-state index contributed by atoms with van der Waals surface area (Å²) in [7, 11) is 0. The highest BCUT2D eigenvalue weighted by Crippen LogP contribution is 2.33. The van der Waals surface area contributed by atoms with Crippen LogP contribution in [0.5, 0.6) is 0 Å². The fourth-order valence-corrected chi connectivity index (χ4v) is 1.85. The summed E-state index contributed by atoms with van der Waals surface area (Å²) >= 11 is 4.80. The molecule has 1 rings (SSSR count). The van der Waals surface area contributed by atoms with Crippen molar-refractivity contribution in [3.05, 3.63) is 0 Å². The van der Waals surface area contributed by atoms with Crippen molar-refractivity contribution in [1.29, 1.82) is 0 Å². The van der Waals surface area contributed by atoms with Crippen LogP contribution < -0.4 is 5.73 Å². The molecule has 1 atom stereocenters. The molecule has 1 aliphatic heterocycles. The molecule has 0 spiro atoms. The van der Waals surface area contributed by atoms with E-state index in [9.17, 15) is 4.79 Å². The molecule has 80 valence electrons.